The van der Waals surface area contributed by atoms with Gasteiger partial charge in [0.05, 0.1) is 0 Å². The summed E-state index contributed by atoms with van der Waals surface area (Å²) in [5, 5.41) is 3.35. The van der Waals surface area contributed by atoms with Gasteiger partial charge in [-0.15, -0.1) is 0 Å². The monoisotopic (exact) mass is 250 g/mol. The van der Waals surface area contributed by atoms with Gasteiger partial charge >= 0.3 is 0 Å². The molecule has 1 aromatic heterocycles. The van der Waals surface area contributed by atoms with E-state index < -0.39 is 0 Å². The van der Waals surface area contributed by atoms with Crippen molar-refractivity contribution < 1.29 is 0 Å². The van der Waals surface area contributed by atoms with Crippen molar-refractivity contribution in [3.05, 3.63) is 11.9 Å². The first-order valence-corrected chi connectivity index (χ1v) is 6.94. The number of aromatic nitrogens is 2. The first kappa shape index (κ1) is 14.7. The first-order chi connectivity index (χ1) is 8.56. The maximum absolute atomic E-state index is 4.55. The minimum atomic E-state index is 0.387. The van der Waals surface area contributed by atoms with E-state index in [9.17, 15) is 0 Å². The van der Waals surface area contributed by atoms with Crippen LogP contribution in [0.1, 0.15) is 46.4 Å². The van der Waals surface area contributed by atoms with Crippen LogP contribution < -0.4 is 10.2 Å². The maximum atomic E-state index is 4.55. The highest BCUT2D eigenvalue weighted by atomic mass is 15.2. The highest BCUT2D eigenvalue weighted by Gasteiger charge is 2.09. The van der Waals surface area contributed by atoms with Gasteiger partial charge < -0.3 is 10.2 Å². The molecule has 1 heterocycles. The van der Waals surface area contributed by atoms with Crippen molar-refractivity contribution in [2.24, 2.45) is 0 Å². The van der Waals surface area contributed by atoms with Crippen LogP contribution in [0.15, 0.2) is 6.07 Å². The molecule has 0 aliphatic rings. The molecule has 0 radical (unpaired) electrons. The minimum absolute atomic E-state index is 0.387. The summed E-state index contributed by atoms with van der Waals surface area (Å²) in [6.45, 7) is 12.7. The van der Waals surface area contributed by atoms with Crippen LogP contribution in [-0.2, 0) is 0 Å². The molecule has 0 unspecified atom stereocenters. The van der Waals surface area contributed by atoms with Crippen molar-refractivity contribution in [3.63, 3.8) is 0 Å². The molecule has 0 atom stereocenters. The third kappa shape index (κ3) is 4.51. The molecule has 102 valence electrons. The molecule has 0 fully saturated rings. The van der Waals surface area contributed by atoms with E-state index in [0.717, 1.165) is 43.4 Å². The van der Waals surface area contributed by atoms with Crippen molar-refractivity contribution in [2.45, 2.75) is 53.5 Å². The number of hydrogen-bond donors (Lipinski definition) is 1. The van der Waals surface area contributed by atoms with Gasteiger partial charge in [0.1, 0.15) is 17.5 Å². The Hall–Kier alpha value is -1.32. The summed E-state index contributed by atoms with van der Waals surface area (Å²) in [6.07, 6.45) is 2.27. The molecule has 0 amide bonds. The second kappa shape index (κ2) is 7.19. The average Bonchev–Trinajstić information content (AvgIpc) is 2.27. The SMILES string of the molecule is CCCN(CCC)c1cc(NC(C)C)nc(C)n1. The number of nitrogens with zero attached hydrogens (tertiary/aromatic N) is 3. The number of hydrogen-bond acceptors (Lipinski definition) is 4. The number of anilines is 2. The van der Waals surface area contributed by atoms with Gasteiger partial charge in [-0.1, -0.05) is 13.8 Å². The van der Waals surface area contributed by atoms with Crippen LogP contribution in [0.4, 0.5) is 11.6 Å². The van der Waals surface area contributed by atoms with Crippen LogP contribution >= 0.6 is 0 Å². The second-order valence-corrected chi connectivity index (χ2v) is 4.94. The minimum Gasteiger partial charge on any atom is -0.368 e. The van der Waals surface area contributed by atoms with Crippen LogP contribution in [0, 0.1) is 6.92 Å². The maximum Gasteiger partial charge on any atom is 0.134 e. The fraction of sp³-hybridized carbons (Fsp3) is 0.714. The molecule has 1 aromatic rings. The molecular weight excluding hydrogens is 224 g/mol. The first-order valence-electron chi connectivity index (χ1n) is 6.94. The Morgan fingerprint density at radius 1 is 1.17 bits per heavy atom. The molecule has 0 aliphatic carbocycles. The van der Waals surface area contributed by atoms with Crippen molar-refractivity contribution >= 4 is 11.6 Å². The Bertz CT molecular complexity index is 357. The third-order valence-electron chi connectivity index (χ3n) is 2.57. The molecule has 0 saturated carbocycles. The number of rotatable bonds is 7. The summed E-state index contributed by atoms with van der Waals surface area (Å²) in [4.78, 5) is 11.3. The van der Waals surface area contributed by atoms with E-state index in [1.807, 2.05) is 6.92 Å². The van der Waals surface area contributed by atoms with Crippen LogP contribution in [0.5, 0.6) is 0 Å². The van der Waals surface area contributed by atoms with Gasteiger partial charge in [-0.05, 0) is 33.6 Å². The Morgan fingerprint density at radius 3 is 2.28 bits per heavy atom. The standard InChI is InChI=1S/C14H26N4/c1-6-8-18(9-7-2)14-10-13(15-11(3)4)16-12(5)17-14/h10-11H,6-9H2,1-5H3,(H,15,16,17). The zero-order valence-corrected chi connectivity index (χ0v) is 12.3. The van der Waals surface area contributed by atoms with E-state index in [-0.39, 0.29) is 0 Å². The zero-order chi connectivity index (χ0) is 13.5. The summed E-state index contributed by atoms with van der Waals surface area (Å²) in [5.74, 6) is 2.78. The highest BCUT2D eigenvalue weighted by molar-refractivity contribution is 5.49. The van der Waals surface area contributed by atoms with Crippen LogP contribution in [-0.4, -0.2) is 29.1 Å². The predicted octanol–water partition coefficient (Wildman–Crippen LogP) is 3.23. The molecular formula is C14H26N4. The summed E-state index contributed by atoms with van der Waals surface area (Å²) >= 11 is 0. The molecule has 0 aromatic carbocycles. The van der Waals surface area contributed by atoms with E-state index in [0.29, 0.717) is 6.04 Å². The van der Waals surface area contributed by atoms with Gasteiger partial charge in [-0.25, -0.2) is 9.97 Å². The van der Waals surface area contributed by atoms with E-state index >= 15 is 0 Å². The lowest BCUT2D eigenvalue weighted by molar-refractivity contribution is 0.729. The third-order valence-corrected chi connectivity index (χ3v) is 2.57. The predicted molar refractivity (Wildman–Crippen MR) is 78.3 cm³/mol. The molecule has 4 heteroatoms. The largest absolute Gasteiger partial charge is 0.368 e. The van der Waals surface area contributed by atoms with Crippen molar-refractivity contribution in [3.8, 4) is 0 Å². The quantitative estimate of drug-likeness (QED) is 0.806. The van der Waals surface area contributed by atoms with Crippen molar-refractivity contribution in [2.75, 3.05) is 23.3 Å². The normalized spacial score (nSPS) is 10.8. The molecule has 0 spiro atoms. The number of nitrogens with one attached hydrogen (secondary N) is 1. The van der Waals surface area contributed by atoms with Crippen LogP contribution in [0.25, 0.3) is 0 Å². The van der Waals surface area contributed by atoms with E-state index in [2.05, 4.69) is 53.9 Å². The van der Waals surface area contributed by atoms with Gasteiger partial charge in [-0.2, -0.15) is 0 Å². The molecule has 1 N–H and O–H groups in total. The fourth-order valence-corrected chi connectivity index (χ4v) is 1.96. The van der Waals surface area contributed by atoms with Gasteiger partial charge in [0, 0.05) is 25.2 Å². The summed E-state index contributed by atoms with van der Waals surface area (Å²) < 4.78 is 0. The molecule has 1 rings (SSSR count). The topological polar surface area (TPSA) is 41.0 Å². The molecule has 0 bridgehead atoms. The van der Waals surface area contributed by atoms with Gasteiger partial charge in [0.25, 0.3) is 0 Å². The smallest absolute Gasteiger partial charge is 0.134 e. The van der Waals surface area contributed by atoms with Crippen molar-refractivity contribution in [1.29, 1.82) is 0 Å². The summed E-state index contributed by atoms with van der Waals surface area (Å²) in [5.41, 5.74) is 0. The lowest BCUT2D eigenvalue weighted by Gasteiger charge is -2.23. The van der Waals surface area contributed by atoms with Crippen LogP contribution in [0.2, 0.25) is 0 Å². The lowest BCUT2D eigenvalue weighted by Crippen LogP contribution is -2.26. The Balaban J connectivity index is 2.94. The number of aryl methyl sites for hydroxylation is 1. The molecule has 0 saturated heterocycles. The van der Waals surface area contributed by atoms with E-state index in [1.165, 1.54) is 0 Å². The van der Waals surface area contributed by atoms with E-state index in [1.54, 1.807) is 0 Å². The second-order valence-electron chi connectivity index (χ2n) is 4.94. The Kier molecular flexibility index (Phi) is 5.89. The summed E-state index contributed by atoms with van der Waals surface area (Å²) in [6, 6.07) is 2.44. The molecule has 0 aliphatic heterocycles. The molecule has 4 nitrogen and oxygen atoms in total. The fourth-order valence-electron chi connectivity index (χ4n) is 1.96. The van der Waals surface area contributed by atoms with Gasteiger partial charge in [0.2, 0.25) is 0 Å². The Labute approximate surface area is 111 Å². The highest BCUT2D eigenvalue weighted by Crippen LogP contribution is 2.17. The van der Waals surface area contributed by atoms with Gasteiger partial charge in [0.15, 0.2) is 0 Å². The Morgan fingerprint density at radius 2 is 1.78 bits per heavy atom. The zero-order valence-electron chi connectivity index (χ0n) is 12.3. The van der Waals surface area contributed by atoms with Crippen molar-refractivity contribution in [1.82, 2.24) is 9.97 Å². The lowest BCUT2D eigenvalue weighted by atomic mass is 10.3. The molecule has 18 heavy (non-hydrogen) atoms. The van der Waals surface area contributed by atoms with Crippen LogP contribution in [0.3, 0.4) is 0 Å². The van der Waals surface area contributed by atoms with Gasteiger partial charge in [-0.3, -0.25) is 0 Å². The summed E-state index contributed by atoms with van der Waals surface area (Å²) in [7, 11) is 0. The average molecular weight is 250 g/mol. The van der Waals surface area contributed by atoms with E-state index in [4.69, 9.17) is 0 Å².